The first-order chi connectivity index (χ1) is 14.3. The molecule has 7 heteroatoms. The first-order valence-corrected chi connectivity index (χ1v) is 10.6. The van der Waals surface area contributed by atoms with E-state index >= 15 is 0 Å². The van der Waals surface area contributed by atoms with Crippen LogP contribution in [0, 0.1) is 0 Å². The molecule has 2 atom stereocenters. The minimum Gasteiger partial charge on any atom is -0.447 e. The number of amides is 2. The van der Waals surface area contributed by atoms with Crippen molar-refractivity contribution in [3.8, 4) is 0 Å². The molecule has 0 aliphatic carbocycles. The number of anilines is 1. The third-order valence-electron chi connectivity index (χ3n) is 6.26. The highest BCUT2D eigenvalue weighted by Crippen LogP contribution is 2.24. The molecule has 1 unspecified atom stereocenters. The molecule has 3 aliphatic heterocycles. The number of hydrogen-bond acceptors (Lipinski definition) is 5. The summed E-state index contributed by atoms with van der Waals surface area (Å²) in [6.45, 7) is 11.8. The van der Waals surface area contributed by atoms with Crippen LogP contribution in [0.5, 0.6) is 0 Å². The molecule has 4 rings (SSSR count). The van der Waals surface area contributed by atoms with Gasteiger partial charge >= 0.3 is 6.09 Å². The first-order valence-electron chi connectivity index (χ1n) is 10.6. The summed E-state index contributed by atoms with van der Waals surface area (Å²) in [5, 5.41) is 3.59. The molecule has 1 aromatic rings. The summed E-state index contributed by atoms with van der Waals surface area (Å²) in [7, 11) is 0. The number of rotatable bonds is 3. The molecule has 0 bridgehead atoms. The molecular formula is C23H30N4O3. The first kappa shape index (κ1) is 20.5. The maximum atomic E-state index is 13.0. The van der Waals surface area contributed by atoms with Gasteiger partial charge in [0.1, 0.15) is 12.8 Å². The fraction of sp³-hybridized carbons (Fsp3) is 0.478. The van der Waals surface area contributed by atoms with Gasteiger partial charge in [0, 0.05) is 43.1 Å². The van der Waals surface area contributed by atoms with E-state index in [1.807, 2.05) is 24.0 Å². The summed E-state index contributed by atoms with van der Waals surface area (Å²) < 4.78 is 5.08. The summed E-state index contributed by atoms with van der Waals surface area (Å²) in [6, 6.07) is 7.25. The Kier molecular flexibility index (Phi) is 5.56. The van der Waals surface area contributed by atoms with Gasteiger partial charge in [-0.05, 0) is 63.1 Å². The van der Waals surface area contributed by atoms with Crippen molar-refractivity contribution in [3.63, 3.8) is 0 Å². The van der Waals surface area contributed by atoms with Crippen molar-refractivity contribution in [1.29, 1.82) is 0 Å². The van der Waals surface area contributed by atoms with Crippen LogP contribution in [-0.2, 0) is 4.74 Å². The van der Waals surface area contributed by atoms with Gasteiger partial charge in [-0.25, -0.2) is 4.79 Å². The molecule has 7 nitrogen and oxygen atoms in total. The Bertz CT molecular complexity index is 898. The highest BCUT2D eigenvalue weighted by atomic mass is 16.6. The number of piperazine rings is 1. The number of hydrogen-bond donors (Lipinski definition) is 1. The van der Waals surface area contributed by atoms with Gasteiger partial charge in [-0.15, -0.1) is 0 Å². The van der Waals surface area contributed by atoms with Crippen LogP contribution >= 0.6 is 0 Å². The number of nitrogens with zero attached hydrogens (tertiary/aromatic N) is 3. The second-order valence-corrected chi connectivity index (χ2v) is 8.41. The van der Waals surface area contributed by atoms with Crippen LogP contribution in [0.25, 0.3) is 0 Å². The van der Waals surface area contributed by atoms with Gasteiger partial charge in [0.2, 0.25) is 0 Å². The molecule has 2 fully saturated rings. The zero-order valence-electron chi connectivity index (χ0n) is 18.1. The molecule has 2 saturated heterocycles. The van der Waals surface area contributed by atoms with Crippen molar-refractivity contribution < 1.29 is 14.3 Å². The number of benzene rings is 1. The lowest BCUT2D eigenvalue weighted by molar-refractivity contribution is 0.0575. The van der Waals surface area contributed by atoms with Crippen molar-refractivity contribution in [2.45, 2.75) is 39.9 Å². The van der Waals surface area contributed by atoms with Crippen molar-refractivity contribution in [2.75, 3.05) is 37.7 Å². The molecule has 30 heavy (non-hydrogen) atoms. The maximum absolute atomic E-state index is 13.0. The number of allylic oxidation sites excluding steroid dienone is 3. The molecule has 1 aromatic carbocycles. The molecule has 0 aromatic heterocycles. The lowest BCUT2D eigenvalue weighted by atomic mass is 10.0. The molecule has 0 spiro atoms. The van der Waals surface area contributed by atoms with E-state index in [1.54, 1.807) is 17.0 Å². The molecule has 0 saturated carbocycles. The Morgan fingerprint density at radius 2 is 1.73 bits per heavy atom. The smallest absolute Gasteiger partial charge is 0.414 e. The number of ether oxygens (including phenoxy) is 1. The minimum absolute atomic E-state index is 0.000279. The fourth-order valence-corrected chi connectivity index (χ4v) is 4.35. The number of dihydropyridines is 1. The van der Waals surface area contributed by atoms with Crippen LogP contribution in [0.4, 0.5) is 10.5 Å². The standard InChI is InChI=1S/C23H30N4O3/c1-15-13-16(2)21(24-18(15)4)25-9-11-26(12-10-25)22(28)19-5-7-20(8-6-19)27-17(3)14-30-23(27)29/h5-8,13,17,21,24H,9-12,14H2,1-4H3/t17-,21?/m1/s1. The SMILES string of the molecule is CC1=CC(C)=C(C)NC1N1CCN(C(=O)c2ccc(N3C(=O)OC[C@H]3C)cc2)CC1. The Balaban J connectivity index is 1.37. The summed E-state index contributed by atoms with van der Waals surface area (Å²) >= 11 is 0. The van der Waals surface area contributed by atoms with Gasteiger partial charge in [0.25, 0.3) is 5.91 Å². The predicted octanol–water partition coefficient (Wildman–Crippen LogP) is 2.96. The quantitative estimate of drug-likeness (QED) is 0.830. The van der Waals surface area contributed by atoms with Gasteiger partial charge in [-0.1, -0.05) is 6.08 Å². The van der Waals surface area contributed by atoms with Gasteiger partial charge in [0.15, 0.2) is 0 Å². The van der Waals surface area contributed by atoms with Gasteiger partial charge in [-0.3, -0.25) is 14.6 Å². The van der Waals surface area contributed by atoms with Crippen molar-refractivity contribution in [2.24, 2.45) is 0 Å². The second-order valence-electron chi connectivity index (χ2n) is 8.41. The highest BCUT2D eigenvalue weighted by Gasteiger charge is 2.32. The zero-order valence-corrected chi connectivity index (χ0v) is 18.1. The normalized spacial score (nSPS) is 25.2. The Morgan fingerprint density at radius 3 is 2.33 bits per heavy atom. The average Bonchev–Trinajstić information content (AvgIpc) is 3.08. The monoisotopic (exact) mass is 410 g/mol. The lowest BCUT2D eigenvalue weighted by Crippen LogP contribution is -2.56. The van der Waals surface area contributed by atoms with E-state index in [2.05, 4.69) is 37.1 Å². The van der Waals surface area contributed by atoms with Gasteiger partial charge in [0.05, 0.1) is 6.04 Å². The van der Waals surface area contributed by atoms with Crippen LogP contribution < -0.4 is 10.2 Å². The Morgan fingerprint density at radius 1 is 1.07 bits per heavy atom. The topological polar surface area (TPSA) is 65.1 Å². The van der Waals surface area contributed by atoms with Gasteiger partial charge in [-0.2, -0.15) is 0 Å². The maximum Gasteiger partial charge on any atom is 0.414 e. The molecule has 3 aliphatic rings. The van der Waals surface area contributed by atoms with Crippen molar-refractivity contribution in [3.05, 3.63) is 52.7 Å². The van der Waals surface area contributed by atoms with Gasteiger partial charge < -0.3 is 15.0 Å². The number of carbonyl (C=O) groups excluding carboxylic acids is 2. The van der Waals surface area contributed by atoms with Crippen molar-refractivity contribution in [1.82, 2.24) is 15.1 Å². The van der Waals surface area contributed by atoms with Crippen LogP contribution in [-0.4, -0.2) is 66.8 Å². The largest absolute Gasteiger partial charge is 0.447 e. The number of carbonyl (C=O) groups is 2. The van der Waals surface area contributed by atoms with Crippen molar-refractivity contribution >= 4 is 17.7 Å². The zero-order chi connectivity index (χ0) is 21.4. The predicted molar refractivity (Wildman–Crippen MR) is 116 cm³/mol. The third-order valence-corrected chi connectivity index (χ3v) is 6.26. The van der Waals surface area contributed by atoms with Crippen LogP contribution in [0.3, 0.4) is 0 Å². The average molecular weight is 411 g/mol. The third kappa shape index (κ3) is 3.81. The summed E-state index contributed by atoms with van der Waals surface area (Å²) in [6.07, 6.45) is 2.11. The van der Waals surface area contributed by atoms with Crippen LogP contribution in [0.1, 0.15) is 38.1 Å². The molecule has 3 heterocycles. The lowest BCUT2D eigenvalue weighted by Gasteiger charge is -2.41. The van der Waals surface area contributed by atoms with E-state index < -0.39 is 0 Å². The number of nitrogens with one attached hydrogen (secondary N) is 1. The van der Waals surface area contributed by atoms with E-state index in [4.69, 9.17) is 4.74 Å². The highest BCUT2D eigenvalue weighted by molar-refractivity contribution is 5.96. The number of cyclic esters (lactones) is 1. The fourth-order valence-electron chi connectivity index (χ4n) is 4.35. The second kappa shape index (κ2) is 8.14. The molecule has 1 N–H and O–H groups in total. The van der Waals surface area contributed by atoms with E-state index in [9.17, 15) is 9.59 Å². The van der Waals surface area contributed by atoms with E-state index in [0.29, 0.717) is 25.3 Å². The molecular weight excluding hydrogens is 380 g/mol. The van der Waals surface area contributed by atoms with Crippen LogP contribution in [0.2, 0.25) is 0 Å². The molecule has 0 radical (unpaired) electrons. The Hall–Kier alpha value is -2.80. The summed E-state index contributed by atoms with van der Waals surface area (Å²) in [4.78, 5) is 30.8. The minimum atomic E-state index is -0.335. The van der Waals surface area contributed by atoms with E-state index in [-0.39, 0.29) is 24.2 Å². The summed E-state index contributed by atoms with van der Waals surface area (Å²) in [5.41, 5.74) is 5.20. The van der Waals surface area contributed by atoms with E-state index in [1.165, 1.54) is 16.8 Å². The molecule has 160 valence electrons. The van der Waals surface area contributed by atoms with E-state index in [0.717, 1.165) is 18.8 Å². The Labute approximate surface area is 178 Å². The summed E-state index contributed by atoms with van der Waals surface area (Å²) in [5.74, 6) is 0.0361. The van der Waals surface area contributed by atoms with Crippen LogP contribution in [0.15, 0.2) is 47.2 Å². The molecule has 2 amide bonds.